The zero-order valence-corrected chi connectivity index (χ0v) is 14.9. The van der Waals surface area contributed by atoms with Gasteiger partial charge in [0.2, 0.25) is 0 Å². The van der Waals surface area contributed by atoms with E-state index in [4.69, 9.17) is 14.7 Å². The van der Waals surface area contributed by atoms with Crippen LogP contribution in [0.1, 0.15) is 37.1 Å². The Balaban J connectivity index is 1.63. The van der Waals surface area contributed by atoms with Crippen LogP contribution in [0.25, 0.3) is 11.7 Å². The van der Waals surface area contributed by atoms with E-state index in [1.165, 1.54) is 6.26 Å². The zero-order valence-electron chi connectivity index (χ0n) is 14.1. The molecule has 0 bridgehead atoms. The number of furan rings is 1. The molecule has 1 fully saturated rings. The Morgan fingerprint density at radius 1 is 1.12 bits per heavy atom. The monoisotopic (exact) mass is 373 g/mol. The number of hydrogen-bond donors (Lipinski definition) is 1. The van der Waals surface area contributed by atoms with Crippen molar-refractivity contribution in [3.05, 3.63) is 54.0 Å². The normalized spacial score (nSPS) is 16.8. The molecule has 26 heavy (non-hydrogen) atoms. The first-order chi connectivity index (χ1) is 12.5. The number of aromatic nitrogens is 2. The predicted molar refractivity (Wildman–Crippen MR) is 93.7 cm³/mol. The van der Waals surface area contributed by atoms with Crippen molar-refractivity contribution >= 4 is 9.84 Å². The topological polar surface area (TPSA) is 112 Å². The fourth-order valence-electron chi connectivity index (χ4n) is 3.30. The highest BCUT2D eigenvalue weighted by molar-refractivity contribution is 7.90. The highest BCUT2D eigenvalue weighted by atomic mass is 32.2. The molecule has 0 unspecified atom stereocenters. The summed E-state index contributed by atoms with van der Waals surface area (Å²) in [5, 5.41) is 4.00. The average Bonchev–Trinajstić information content (AvgIpc) is 3.36. The third kappa shape index (κ3) is 3.06. The summed E-state index contributed by atoms with van der Waals surface area (Å²) in [6.07, 6.45) is 5.09. The minimum absolute atomic E-state index is 0.153. The van der Waals surface area contributed by atoms with E-state index in [9.17, 15) is 8.42 Å². The van der Waals surface area contributed by atoms with Gasteiger partial charge in [-0.3, -0.25) is 0 Å². The van der Waals surface area contributed by atoms with Crippen molar-refractivity contribution in [2.45, 2.75) is 41.9 Å². The van der Waals surface area contributed by atoms with Gasteiger partial charge in [0.1, 0.15) is 0 Å². The molecular formula is C18H19N3O4S. The zero-order chi connectivity index (χ0) is 18.2. The van der Waals surface area contributed by atoms with E-state index in [-0.39, 0.29) is 22.3 Å². The van der Waals surface area contributed by atoms with Crippen molar-refractivity contribution in [3.63, 3.8) is 0 Å². The fourth-order valence-corrected chi connectivity index (χ4v) is 4.68. The molecule has 0 spiro atoms. The van der Waals surface area contributed by atoms with Gasteiger partial charge >= 0.3 is 0 Å². The summed E-state index contributed by atoms with van der Waals surface area (Å²) < 4.78 is 36.0. The van der Waals surface area contributed by atoms with Crippen molar-refractivity contribution in [2.75, 3.05) is 0 Å². The van der Waals surface area contributed by atoms with Crippen LogP contribution in [0.5, 0.6) is 0 Å². The molecule has 1 aliphatic rings. The number of sulfone groups is 1. The van der Waals surface area contributed by atoms with Crippen molar-refractivity contribution in [1.82, 2.24) is 10.1 Å². The number of hydrogen-bond acceptors (Lipinski definition) is 7. The summed E-state index contributed by atoms with van der Waals surface area (Å²) >= 11 is 0. The first kappa shape index (κ1) is 17.0. The maximum absolute atomic E-state index is 12.6. The number of benzene rings is 1. The van der Waals surface area contributed by atoms with Crippen LogP contribution in [0.2, 0.25) is 0 Å². The predicted octanol–water partition coefficient (Wildman–Crippen LogP) is 3.03. The van der Waals surface area contributed by atoms with Crippen LogP contribution in [-0.2, 0) is 21.1 Å². The lowest BCUT2D eigenvalue weighted by Crippen LogP contribution is -2.34. The maximum Gasteiger partial charge on any atom is 0.294 e. The number of nitrogens with zero attached hydrogens (tertiary/aromatic N) is 2. The van der Waals surface area contributed by atoms with E-state index in [0.717, 1.165) is 25.7 Å². The fraction of sp³-hybridized carbons (Fsp3) is 0.333. The first-order valence-electron chi connectivity index (χ1n) is 8.46. The van der Waals surface area contributed by atoms with Gasteiger partial charge in [0, 0.05) is 5.56 Å². The lowest BCUT2D eigenvalue weighted by Gasteiger charge is -2.17. The van der Waals surface area contributed by atoms with Crippen molar-refractivity contribution < 1.29 is 17.4 Å². The molecule has 1 aliphatic carbocycles. The van der Waals surface area contributed by atoms with Crippen LogP contribution < -0.4 is 5.73 Å². The minimum Gasteiger partial charge on any atom is -0.459 e. The van der Waals surface area contributed by atoms with Crippen LogP contribution >= 0.6 is 0 Å². The van der Waals surface area contributed by atoms with Gasteiger partial charge in [-0.2, -0.15) is 4.98 Å². The summed E-state index contributed by atoms with van der Waals surface area (Å²) in [6, 6.07) is 9.89. The summed E-state index contributed by atoms with van der Waals surface area (Å²) in [5.74, 6) is 0.650. The highest BCUT2D eigenvalue weighted by Gasteiger charge is 2.36. The average molecular weight is 373 g/mol. The SMILES string of the molecule is NC1(c2noc(-c3occc3CS(=O)(=O)c3ccccc3)n2)CCCC1. The van der Waals surface area contributed by atoms with Crippen molar-refractivity contribution in [1.29, 1.82) is 0 Å². The summed E-state index contributed by atoms with van der Waals surface area (Å²) in [7, 11) is -3.51. The quantitative estimate of drug-likeness (QED) is 0.731. The van der Waals surface area contributed by atoms with E-state index in [2.05, 4.69) is 10.1 Å². The molecule has 7 nitrogen and oxygen atoms in total. The standard InChI is InChI=1S/C18H19N3O4S/c19-18(9-4-5-10-18)17-20-16(25-21-17)15-13(8-11-24-15)12-26(22,23)14-6-2-1-3-7-14/h1-3,6-8,11H,4-5,9-10,12,19H2. The second-order valence-electron chi connectivity index (χ2n) is 6.63. The van der Waals surface area contributed by atoms with Gasteiger partial charge < -0.3 is 14.7 Å². The Labute approximate surface area is 151 Å². The molecule has 2 aromatic heterocycles. The Bertz CT molecular complexity index is 1000. The molecule has 0 atom stereocenters. The van der Waals surface area contributed by atoms with Gasteiger partial charge in [-0.25, -0.2) is 8.42 Å². The molecule has 3 aromatic rings. The molecule has 0 saturated heterocycles. The molecule has 2 N–H and O–H groups in total. The minimum atomic E-state index is -3.51. The summed E-state index contributed by atoms with van der Waals surface area (Å²) in [5.41, 5.74) is 6.25. The third-order valence-electron chi connectivity index (χ3n) is 4.76. The molecule has 1 saturated carbocycles. The van der Waals surface area contributed by atoms with Crippen LogP contribution in [0, 0.1) is 0 Å². The van der Waals surface area contributed by atoms with Gasteiger partial charge in [-0.15, -0.1) is 0 Å². The molecule has 2 heterocycles. The van der Waals surface area contributed by atoms with Gasteiger partial charge in [0.05, 0.1) is 22.5 Å². The van der Waals surface area contributed by atoms with Crippen molar-refractivity contribution in [3.8, 4) is 11.7 Å². The van der Waals surface area contributed by atoms with Crippen LogP contribution in [0.4, 0.5) is 0 Å². The molecule has 1 aromatic carbocycles. The van der Waals surface area contributed by atoms with E-state index in [1.807, 2.05) is 0 Å². The largest absolute Gasteiger partial charge is 0.459 e. The van der Waals surface area contributed by atoms with E-state index in [1.54, 1.807) is 36.4 Å². The van der Waals surface area contributed by atoms with Gasteiger partial charge in [0.15, 0.2) is 21.4 Å². The van der Waals surface area contributed by atoms with Crippen molar-refractivity contribution in [2.24, 2.45) is 5.73 Å². The van der Waals surface area contributed by atoms with Gasteiger partial charge in [0.25, 0.3) is 5.89 Å². The van der Waals surface area contributed by atoms with Gasteiger partial charge in [-0.1, -0.05) is 36.2 Å². The molecule has 136 valence electrons. The van der Waals surface area contributed by atoms with E-state index in [0.29, 0.717) is 11.4 Å². The second kappa shape index (κ2) is 6.37. The summed E-state index contributed by atoms with van der Waals surface area (Å²) in [6.45, 7) is 0. The summed E-state index contributed by atoms with van der Waals surface area (Å²) in [4.78, 5) is 4.63. The lowest BCUT2D eigenvalue weighted by molar-refractivity contribution is 0.368. The Morgan fingerprint density at radius 3 is 2.58 bits per heavy atom. The Morgan fingerprint density at radius 2 is 1.85 bits per heavy atom. The van der Waals surface area contributed by atoms with E-state index < -0.39 is 15.4 Å². The maximum atomic E-state index is 12.6. The Kier molecular flexibility index (Phi) is 4.16. The second-order valence-corrected chi connectivity index (χ2v) is 8.62. The first-order valence-corrected chi connectivity index (χ1v) is 10.1. The number of nitrogens with two attached hydrogens (primary N) is 1. The smallest absolute Gasteiger partial charge is 0.294 e. The molecular weight excluding hydrogens is 354 g/mol. The van der Waals surface area contributed by atoms with Crippen LogP contribution in [-0.4, -0.2) is 18.6 Å². The highest BCUT2D eigenvalue weighted by Crippen LogP contribution is 2.36. The molecule has 0 radical (unpaired) electrons. The molecule has 4 rings (SSSR count). The lowest BCUT2D eigenvalue weighted by atomic mass is 9.99. The van der Waals surface area contributed by atoms with Crippen LogP contribution in [0.15, 0.2) is 56.5 Å². The van der Waals surface area contributed by atoms with E-state index >= 15 is 0 Å². The Hall–Kier alpha value is -2.45. The third-order valence-corrected chi connectivity index (χ3v) is 6.44. The van der Waals surface area contributed by atoms with Crippen LogP contribution in [0.3, 0.4) is 0 Å². The molecule has 0 amide bonds. The molecule has 0 aliphatic heterocycles. The molecule has 8 heteroatoms. The number of rotatable bonds is 5. The van der Waals surface area contributed by atoms with Gasteiger partial charge in [-0.05, 0) is 31.0 Å².